The van der Waals surface area contributed by atoms with Gasteiger partial charge in [0.05, 0.1) is 13.2 Å². The molecule has 96 valence electrons. The number of hydrogen-bond acceptors (Lipinski definition) is 3. The van der Waals surface area contributed by atoms with E-state index in [9.17, 15) is 4.79 Å². The number of thiocarbonyl (C=S) groups is 1. The summed E-state index contributed by atoms with van der Waals surface area (Å²) in [6, 6.07) is 6.81. The van der Waals surface area contributed by atoms with Gasteiger partial charge in [-0.15, -0.1) is 0 Å². The Bertz CT molecular complexity index is 461. The molecule has 1 amide bonds. The molecule has 1 saturated heterocycles. The molecule has 1 heterocycles. The van der Waals surface area contributed by atoms with Gasteiger partial charge in [0.15, 0.2) is 5.11 Å². The van der Waals surface area contributed by atoms with Crippen molar-refractivity contribution >= 4 is 28.9 Å². The molecule has 0 spiro atoms. The van der Waals surface area contributed by atoms with E-state index in [0.717, 1.165) is 11.4 Å². The average Bonchev–Trinajstić information content (AvgIpc) is 2.69. The predicted octanol–water partition coefficient (Wildman–Crippen LogP) is 0.868. The van der Waals surface area contributed by atoms with Crippen LogP contribution in [0.5, 0.6) is 5.75 Å². The lowest BCUT2D eigenvalue weighted by atomic mass is 10.1. The highest BCUT2D eigenvalue weighted by Crippen LogP contribution is 2.15. The molecule has 1 aliphatic heterocycles. The number of hydrogen-bond donors (Lipinski definition) is 3. The van der Waals surface area contributed by atoms with Crippen molar-refractivity contribution in [2.75, 3.05) is 12.4 Å². The molecule has 0 radical (unpaired) electrons. The number of methoxy groups -OCH3 is 1. The number of amides is 1. The predicted molar refractivity (Wildman–Crippen MR) is 73.7 cm³/mol. The Balaban J connectivity index is 2.00. The number of carbonyl (C=O) groups excluding carboxylic acids is 1. The van der Waals surface area contributed by atoms with Crippen LogP contribution < -0.4 is 20.7 Å². The van der Waals surface area contributed by atoms with Gasteiger partial charge in [-0.3, -0.25) is 4.79 Å². The third-order valence-electron chi connectivity index (χ3n) is 2.79. The highest BCUT2D eigenvalue weighted by molar-refractivity contribution is 7.80. The van der Waals surface area contributed by atoms with E-state index in [1.165, 1.54) is 0 Å². The van der Waals surface area contributed by atoms with E-state index in [1.807, 2.05) is 6.92 Å². The van der Waals surface area contributed by atoms with Crippen LogP contribution in [0.15, 0.2) is 24.3 Å². The van der Waals surface area contributed by atoms with Gasteiger partial charge >= 0.3 is 0 Å². The SMILES string of the molecule is COc1ccc(NC(=O)C2NC(=S)NC2C)cc1. The molecule has 0 saturated carbocycles. The third kappa shape index (κ3) is 2.70. The molecule has 5 nitrogen and oxygen atoms in total. The molecule has 2 atom stereocenters. The van der Waals surface area contributed by atoms with Crippen LogP contribution in [-0.2, 0) is 4.79 Å². The van der Waals surface area contributed by atoms with Crippen LogP contribution in [0.4, 0.5) is 5.69 Å². The van der Waals surface area contributed by atoms with Crippen LogP contribution in [0.1, 0.15) is 6.92 Å². The Morgan fingerprint density at radius 2 is 2.00 bits per heavy atom. The summed E-state index contributed by atoms with van der Waals surface area (Å²) in [5, 5.41) is 9.26. The first kappa shape index (κ1) is 12.6. The van der Waals surface area contributed by atoms with Gasteiger partial charge in [-0.25, -0.2) is 0 Å². The second kappa shape index (κ2) is 5.22. The molecule has 1 fully saturated rings. The van der Waals surface area contributed by atoms with Crippen molar-refractivity contribution in [1.29, 1.82) is 0 Å². The maximum atomic E-state index is 12.0. The Morgan fingerprint density at radius 3 is 2.50 bits per heavy atom. The fourth-order valence-electron chi connectivity index (χ4n) is 1.78. The third-order valence-corrected chi connectivity index (χ3v) is 3.02. The van der Waals surface area contributed by atoms with Crippen LogP contribution >= 0.6 is 12.2 Å². The first-order chi connectivity index (χ1) is 8.60. The summed E-state index contributed by atoms with van der Waals surface area (Å²) >= 11 is 4.97. The first-order valence-corrected chi connectivity index (χ1v) is 6.03. The second-order valence-electron chi connectivity index (χ2n) is 4.10. The number of ether oxygens (including phenoxy) is 1. The highest BCUT2D eigenvalue weighted by Gasteiger charge is 2.31. The summed E-state index contributed by atoms with van der Waals surface area (Å²) in [5.74, 6) is 0.642. The number of rotatable bonds is 3. The van der Waals surface area contributed by atoms with Gasteiger partial charge in [-0.05, 0) is 43.4 Å². The molecule has 0 bridgehead atoms. The molecule has 6 heteroatoms. The fourth-order valence-corrected chi connectivity index (χ4v) is 2.10. The van der Waals surface area contributed by atoms with Gasteiger partial charge in [0.2, 0.25) is 5.91 Å². The minimum Gasteiger partial charge on any atom is -0.497 e. The summed E-state index contributed by atoms with van der Waals surface area (Å²) in [5.41, 5.74) is 0.729. The van der Waals surface area contributed by atoms with E-state index >= 15 is 0 Å². The molecule has 2 rings (SSSR count). The number of anilines is 1. The largest absolute Gasteiger partial charge is 0.497 e. The molecule has 1 aromatic carbocycles. The Hall–Kier alpha value is -1.82. The van der Waals surface area contributed by atoms with Crippen molar-refractivity contribution in [2.45, 2.75) is 19.0 Å². The maximum absolute atomic E-state index is 12.0. The summed E-state index contributed by atoms with van der Waals surface area (Å²) < 4.78 is 5.05. The minimum atomic E-state index is -0.348. The van der Waals surface area contributed by atoms with E-state index < -0.39 is 0 Å². The Labute approximate surface area is 111 Å². The van der Waals surface area contributed by atoms with E-state index in [0.29, 0.717) is 5.11 Å². The van der Waals surface area contributed by atoms with Crippen molar-refractivity contribution < 1.29 is 9.53 Å². The monoisotopic (exact) mass is 265 g/mol. The van der Waals surface area contributed by atoms with Gasteiger partial charge in [0.25, 0.3) is 0 Å². The number of nitrogens with one attached hydrogen (secondary N) is 3. The van der Waals surface area contributed by atoms with Crippen molar-refractivity contribution in [3.8, 4) is 5.75 Å². The van der Waals surface area contributed by atoms with Crippen molar-refractivity contribution in [3.05, 3.63) is 24.3 Å². The van der Waals surface area contributed by atoms with Crippen molar-refractivity contribution in [2.24, 2.45) is 0 Å². The highest BCUT2D eigenvalue weighted by atomic mass is 32.1. The Kier molecular flexibility index (Phi) is 3.66. The lowest BCUT2D eigenvalue weighted by Crippen LogP contribution is -2.42. The molecule has 0 aliphatic carbocycles. The molecular formula is C12H15N3O2S. The normalized spacial score (nSPS) is 22.0. The standard InChI is InChI=1S/C12H15N3O2S/c1-7-10(15-12(18)13-7)11(16)14-8-3-5-9(17-2)6-4-8/h3-7,10H,1-2H3,(H,14,16)(H2,13,15,18). The van der Waals surface area contributed by atoms with Crippen LogP contribution in [0.3, 0.4) is 0 Å². The van der Waals surface area contributed by atoms with E-state index in [1.54, 1.807) is 31.4 Å². The first-order valence-electron chi connectivity index (χ1n) is 5.62. The molecular weight excluding hydrogens is 250 g/mol. The second-order valence-corrected chi connectivity index (χ2v) is 4.51. The van der Waals surface area contributed by atoms with Gasteiger partial charge in [-0.2, -0.15) is 0 Å². The van der Waals surface area contributed by atoms with E-state index in [2.05, 4.69) is 16.0 Å². The van der Waals surface area contributed by atoms with Crippen LogP contribution in [0.2, 0.25) is 0 Å². The number of benzene rings is 1. The summed E-state index contributed by atoms with van der Waals surface area (Å²) in [7, 11) is 1.60. The molecule has 2 unspecified atom stereocenters. The van der Waals surface area contributed by atoms with Crippen LogP contribution in [0, 0.1) is 0 Å². The van der Waals surface area contributed by atoms with E-state index in [-0.39, 0.29) is 18.0 Å². The summed E-state index contributed by atoms with van der Waals surface area (Å²) in [6.07, 6.45) is 0. The number of carbonyl (C=O) groups is 1. The molecule has 0 aromatic heterocycles. The van der Waals surface area contributed by atoms with Gasteiger partial charge in [0.1, 0.15) is 11.8 Å². The lowest BCUT2D eigenvalue weighted by molar-refractivity contribution is -0.117. The fraction of sp³-hybridized carbons (Fsp3) is 0.333. The lowest BCUT2D eigenvalue weighted by Gasteiger charge is -2.14. The van der Waals surface area contributed by atoms with E-state index in [4.69, 9.17) is 17.0 Å². The van der Waals surface area contributed by atoms with Crippen LogP contribution in [0.25, 0.3) is 0 Å². The molecule has 18 heavy (non-hydrogen) atoms. The smallest absolute Gasteiger partial charge is 0.249 e. The average molecular weight is 265 g/mol. The zero-order valence-electron chi connectivity index (χ0n) is 10.2. The van der Waals surface area contributed by atoms with Gasteiger partial charge in [0, 0.05) is 5.69 Å². The minimum absolute atomic E-state index is 0.0178. The topological polar surface area (TPSA) is 62.4 Å². The van der Waals surface area contributed by atoms with Gasteiger partial charge < -0.3 is 20.7 Å². The maximum Gasteiger partial charge on any atom is 0.249 e. The van der Waals surface area contributed by atoms with Crippen LogP contribution in [-0.4, -0.2) is 30.2 Å². The molecule has 3 N–H and O–H groups in total. The zero-order chi connectivity index (χ0) is 13.1. The molecule has 1 aromatic rings. The van der Waals surface area contributed by atoms with Crippen molar-refractivity contribution in [3.63, 3.8) is 0 Å². The zero-order valence-corrected chi connectivity index (χ0v) is 11.0. The van der Waals surface area contributed by atoms with Gasteiger partial charge in [-0.1, -0.05) is 0 Å². The summed E-state index contributed by atoms with van der Waals surface area (Å²) in [6.45, 7) is 1.91. The molecule has 1 aliphatic rings. The Morgan fingerprint density at radius 1 is 1.33 bits per heavy atom. The van der Waals surface area contributed by atoms with Crippen molar-refractivity contribution in [1.82, 2.24) is 10.6 Å². The quantitative estimate of drug-likeness (QED) is 0.708. The summed E-state index contributed by atoms with van der Waals surface area (Å²) in [4.78, 5) is 12.0.